The number of amides is 1. The fourth-order valence-corrected chi connectivity index (χ4v) is 4.20. The van der Waals surface area contributed by atoms with E-state index >= 15 is 0 Å². The fourth-order valence-electron chi connectivity index (χ4n) is 3.48. The summed E-state index contributed by atoms with van der Waals surface area (Å²) in [5, 5.41) is 5.41. The molecule has 4 rings (SSSR count). The molecule has 0 spiro atoms. The number of carbonyl (C=O) groups is 1. The van der Waals surface area contributed by atoms with Crippen molar-refractivity contribution in [3.8, 4) is 0 Å². The maximum atomic E-state index is 12.4. The summed E-state index contributed by atoms with van der Waals surface area (Å²) in [5.41, 5.74) is 0.991. The van der Waals surface area contributed by atoms with Gasteiger partial charge in [-0.3, -0.25) is 14.2 Å². The Labute approximate surface area is 179 Å². The standard InChI is InChI=1S/C17H24N6O2S.HI/c1-18-16(19-11-13-12-23-8-10-26-17(23)20-13)22-6-4-21(5-7-22)15(24)14-3-2-9-25-14;/h8,10,12,14H,2-7,9,11H2,1H3,(H,18,19);1H. The number of thiazole rings is 1. The number of nitrogens with one attached hydrogen (secondary N) is 1. The number of imidazole rings is 1. The number of nitrogens with zero attached hydrogens (tertiary/aromatic N) is 5. The summed E-state index contributed by atoms with van der Waals surface area (Å²) < 4.78 is 7.55. The first-order valence-electron chi connectivity index (χ1n) is 9.01. The Morgan fingerprint density at radius 2 is 2.15 bits per heavy atom. The molecule has 4 heterocycles. The topological polar surface area (TPSA) is 74.5 Å². The summed E-state index contributed by atoms with van der Waals surface area (Å²) in [7, 11) is 1.79. The Morgan fingerprint density at radius 3 is 2.81 bits per heavy atom. The van der Waals surface area contributed by atoms with Gasteiger partial charge in [-0.05, 0) is 12.8 Å². The number of fused-ring (bicyclic) bond motifs is 1. The number of hydrogen-bond acceptors (Lipinski definition) is 5. The minimum atomic E-state index is -0.228. The van der Waals surface area contributed by atoms with Gasteiger partial charge in [-0.1, -0.05) is 0 Å². The highest BCUT2D eigenvalue weighted by molar-refractivity contribution is 14.0. The Morgan fingerprint density at radius 1 is 1.37 bits per heavy atom. The zero-order valence-electron chi connectivity index (χ0n) is 15.3. The van der Waals surface area contributed by atoms with E-state index in [9.17, 15) is 4.79 Å². The van der Waals surface area contributed by atoms with Crippen molar-refractivity contribution < 1.29 is 9.53 Å². The van der Waals surface area contributed by atoms with Crippen molar-refractivity contribution in [1.29, 1.82) is 0 Å². The lowest BCUT2D eigenvalue weighted by Crippen LogP contribution is -2.55. The van der Waals surface area contributed by atoms with Crippen LogP contribution >= 0.6 is 35.3 Å². The van der Waals surface area contributed by atoms with Crippen molar-refractivity contribution >= 4 is 52.1 Å². The van der Waals surface area contributed by atoms with E-state index in [1.807, 2.05) is 27.1 Å². The van der Waals surface area contributed by atoms with Gasteiger partial charge in [0.1, 0.15) is 6.10 Å². The lowest BCUT2D eigenvalue weighted by atomic mass is 10.2. The third-order valence-electron chi connectivity index (χ3n) is 4.88. The summed E-state index contributed by atoms with van der Waals surface area (Å²) >= 11 is 1.63. The minimum Gasteiger partial charge on any atom is -0.368 e. The Balaban J connectivity index is 0.00000210. The van der Waals surface area contributed by atoms with Crippen LogP contribution in [0.5, 0.6) is 0 Å². The van der Waals surface area contributed by atoms with Crippen LogP contribution < -0.4 is 5.32 Å². The molecule has 1 unspecified atom stereocenters. The van der Waals surface area contributed by atoms with Gasteiger partial charge in [0, 0.05) is 57.6 Å². The van der Waals surface area contributed by atoms with Gasteiger partial charge in [0.15, 0.2) is 10.9 Å². The molecule has 0 aromatic carbocycles. The molecular weight excluding hydrogens is 479 g/mol. The second-order valence-electron chi connectivity index (χ2n) is 6.54. The number of aliphatic imine (C=N–C) groups is 1. The van der Waals surface area contributed by atoms with Crippen LogP contribution in [0.1, 0.15) is 18.5 Å². The van der Waals surface area contributed by atoms with Crippen molar-refractivity contribution in [2.45, 2.75) is 25.5 Å². The van der Waals surface area contributed by atoms with E-state index in [2.05, 4.69) is 20.2 Å². The molecule has 2 aliphatic rings. The number of ether oxygens (including phenoxy) is 1. The van der Waals surface area contributed by atoms with E-state index in [0.29, 0.717) is 26.2 Å². The maximum Gasteiger partial charge on any atom is 0.251 e. The van der Waals surface area contributed by atoms with Crippen LogP contribution in [0.4, 0.5) is 0 Å². The van der Waals surface area contributed by atoms with Crippen LogP contribution in [0.3, 0.4) is 0 Å². The molecule has 27 heavy (non-hydrogen) atoms. The lowest BCUT2D eigenvalue weighted by molar-refractivity contribution is -0.142. The Bertz CT molecular complexity index is 764. The normalized spacial score (nSPS) is 20.8. The first kappa shape index (κ1) is 20.3. The lowest BCUT2D eigenvalue weighted by Gasteiger charge is -2.37. The quantitative estimate of drug-likeness (QED) is 0.389. The van der Waals surface area contributed by atoms with Gasteiger partial charge in [-0.15, -0.1) is 35.3 Å². The van der Waals surface area contributed by atoms with Gasteiger partial charge < -0.3 is 19.9 Å². The average Bonchev–Trinajstić information content (AvgIpc) is 3.39. The molecule has 0 saturated carbocycles. The average molecular weight is 504 g/mol. The van der Waals surface area contributed by atoms with Gasteiger partial charge in [0.25, 0.3) is 5.91 Å². The zero-order valence-corrected chi connectivity index (χ0v) is 18.5. The molecule has 2 aromatic rings. The van der Waals surface area contributed by atoms with Gasteiger partial charge in [0.05, 0.1) is 12.2 Å². The van der Waals surface area contributed by atoms with Crippen molar-refractivity contribution in [2.75, 3.05) is 39.8 Å². The molecular formula is C17H25IN6O2S. The SMILES string of the molecule is CN=C(NCc1cn2ccsc2n1)N1CCN(C(=O)C2CCCO2)CC1.I. The van der Waals surface area contributed by atoms with Crippen LogP contribution in [0.25, 0.3) is 4.96 Å². The fraction of sp³-hybridized carbons (Fsp3) is 0.588. The smallest absolute Gasteiger partial charge is 0.251 e. The van der Waals surface area contributed by atoms with Crippen LogP contribution in [0.2, 0.25) is 0 Å². The van der Waals surface area contributed by atoms with Gasteiger partial charge in [-0.25, -0.2) is 4.98 Å². The van der Waals surface area contributed by atoms with Crippen LogP contribution in [-0.4, -0.2) is 77.0 Å². The zero-order chi connectivity index (χ0) is 17.9. The Hall–Kier alpha value is -1.40. The molecule has 148 valence electrons. The van der Waals surface area contributed by atoms with Crippen LogP contribution in [-0.2, 0) is 16.1 Å². The molecule has 2 fully saturated rings. The second-order valence-corrected chi connectivity index (χ2v) is 7.41. The molecule has 0 bridgehead atoms. The molecule has 2 saturated heterocycles. The molecule has 8 nitrogen and oxygen atoms in total. The largest absolute Gasteiger partial charge is 0.368 e. The van der Waals surface area contributed by atoms with Crippen molar-refractivity contribution in [3.05, 3.63) is 23.5 Å². The molecule has 0 aliphatic carbocycles. The van der Waals surface area contributed by atoms with Gasteiger partial charge in [-0.2, -0.15) is 0 Å². The highest BCUT2D eigenvalue weighted by atomic mass is 127. The summed E-state index contributed by atoms with van der Waals surface area (Å²) in [6.07, 6.45) is 5.65. The maximum absolute atomic E-state index is 12.4. The van der Waals surface area contributed by atoms with Crippen molar-refractivity contribution in [1.82, 2.24) is 24.5 Å². The van der Waals surface area contributed by atoms with Gasteiger partial charge in [0.2, 0.25) is 0 Å². The van der Waals surface area contributed by atoms with Crippen molar-refractivity contribution in [2.24, 2.45) is 4.99 Å². The van der Waals surface area contributed by atoms with Crippen LogP contribution in [0, 0.1) is 0 Å². The van der Waals surface area contributed by atoms with Crippen LogP contribution in [0.15, 0.2) is 22.8 Å². The summed E-state index contributed by atoms with van der Waals surface area (Å²) in [5.74, 6) is 0.994. The molecule has 1 amide bonds. The van der Waals surface area contributed by atoms with E-state index in [1.54, 1.807) is 18.4 Å². The number of guanidine groups is 1. The number of carbonyl (C=O) groups excluding carboxylic acids is 1. The molecule has 2 aliphatic heterocycles. The van der Waals surface area contributed by atoms with E-state index in [0.717, 1.165) is 42.5 Å². The Kier molecular flexibility index (Phi) is 6.93. The van der Waals surface area contributed by atoms with E-state index in [1.165, 1.54) is 0 Å². The van der Waals surface area contributed by atoms with Crippen molar-refractivity contribution in [3.63, 3.8) is 0 Å². The summed E-state index contributed by atoms with van der Waals surface area (Å²) in [4.78, 5) is 26.5. The number of aromatic nitrogens is 2. The molecule has 1 atom stereocenters. The molecule has 2 aromatic heterocycles. The van der Waals surface area contributed by atoms with Gasteiger partial charge >= 0.3 is 0 Å². The van der Waals surface area contributed by atoms with E-state index < -0.39 is 0 Å². The monoisotopic (exact) mass is 504 g/mol. The number of piperazine rings is 1. The number of rotatable bonds is 3. The predicted octanol–water partition coefficient (Wildman–Crippen LogP) is 1.41. The predicted molar refractivity (Wildman–Crippen MR) is 116 cm³/mol. The third kappa shape index (κ3) is 4.54. The third-order valence-corrected chi connectivity index (χ3v) is 5.65. The minimum absolute atomic E-state index is 0. The molecule has 10 heteroatoms. The first-order valence-corrected chi connectivity index (χ1v) is 9.89. The first-order chi connectivity index (χ1) is 12.7. The highest BCUT2D eigenvalue weighted by Crippen LogP contribution is 2.16. The number of halogens is 1. The second kappa shape index (κ2) is 9.20. The number of hydrogen-bond donors (Lipinski definition) is 1. The molecule has 0 radical (unpaired) electrons. The molecule has 1 N–H and O–H groups in total. The van der Waals surface area contributed by atoms with E-state index in [-0.39, 0.29) is 36.0 Å². The summed E-state index contributed by atoms with van der Waals surface area (Å²) in [6, 6.07) is 0. The highest BCUT2D eigenvalue weighted by Gasteiger charge is 2.30. The summed E-state index contributed by atoms with van der Waals surface area (Å²) in [6.45, 7) is 4.31. The van der Waals surface area contributed by atoms with E-state index in [4.69, 9.17) is 4.74 Å².